The van der Waals surface area contributed by atoms with Crippen LogP contribution in [0.15, 0.2) is 163 Å². The maximum atomic E-state index is 2.51. The van der Waals surface area contributed by atoms with Gasteiger partial charge in [-0.05, 0) is 57.4 Å². The molecule has 38 heavy (non-hydrogen) atoms. The Morgan fingerprint density at radius 1 is 0.526 bits per heavy atom. The van der Waals surface area contributed by atoms with E-state index in [-0.39, 0.29) is 11.3 Å². The highest BCUT2D eigenvalue weighted by atomic mass is 14.5. The molecular weight excluding hydrogens is 456 g/mol. The van der Waals surface area contributed by atoms with Gasteiger partial charge in [0.1, 0.15) is 0 Å². The predicted molar refractivity (Wildman–Crippen MR) is 158 cm³/mol. The first-order valence-electron chi connectivity index (χ1n) is 13.6. The van der Waals surface area contributed by atoms with E-state index in [0.29, 0.717) is 0 Å². The van der Waals surface area contributed by atoms with Crippen molar-refractivity contribution in [1.29, 1.82) is 0 Å². The van der Waals surface area contributed by atoms with Crippen LogP contribution >= 0.6 is 0 Å². The lowest BCUT2D eigenvalue weighted by atomic mass is 9.58. The molecule has 2 aliphatic rings. The molecule has 0 atom stereocenters. The minimum absolute atomic E-state index is 0.176. The Kier molecular flexibility index (Phi) is 5.67. The highest BCUT2D eigenvalue weighted by Gasteiger charge is 2.50. The second-order valence-corrected chi connectivity index (χ2v) is 10.5. The van der Waals surface area contributed by atoms with Gasteiger partial charge in [-0.25, -0.2) is 0 Å². The van der Waals surface area contributed by atoms with Gasteiger partial charge in [0.2, 0.25) is 0 Å². The lowest BCUT2D eigenvalue weighted by Crippen LogP contribution is -2.37. The molecule has 2 aliphatic carbocycles. The number of allylic oxidation sites excluding steroid dienone is 4. The zero-order chi connectivity index (χ0) is 25.4. The Labute approximate surface area is 225 Å². The SMILES string of the molecule is C1=C(Cc2ccccc2)C=C(C(c2ccccc2)(c2ccccc2)C2c3ccccc3-c3ccccc32)C1. The van der Waals surface area contributed by atoms with Gasteiger partial charge in [0, 0.05) is 5.92 Å². The van der Waals surface area contributed by atoms with E-state index in [9.17, 15) is 0 Å². The quantitative estimate of drug-likeness (QED) is 0.224. The fourth-order valence-electron chi connectivity index (χ4n) is 6.89. The molecule has 0 heteroatoms. The molecule has 0 aliphatic heterocycles. The summed E-state index contributed by atoms with van der Waals surface area (Å²) >= 11 is 0. The van der Waals surface area contributed by atoms with Crippen LogP contribution in [0.2, 0.25) is 0 Å². The van der Waals surface area contributed by atoms with E-state index in [4.69, 9.17) is 0 Å². The molecule has 0 nitrogen and oxygen atoms in total. The molecule has 0 aromatic heterocycles. The Morgan fingerprint density at radius 3 is 1.55 bits per heavy atom. The summed E-state index contributed by atoms with van der Waals surface area (Å²) in [6.45, 7) is 0. The lowest BCUT2D eigenvalue weighted by Gasteiger charge is -2.43. The summed E-state index contributed by atoms with van der Waals surface area (Å²) in [6.07, 6.45) is 6.88. The standard InChI is InChI=1S/C38H30/c1-4-14-28(15-5-1)26-29-24-25-32(27-29)38(30-16-6-2-7-17-30,31-18-8-3-9-19-31)37-35-22-12-10-20-33(35)34-21-11-13-23-36(34)37/h1-24,27,37H,25-26H2. The minimum atomic E-state index is -0.333. The van der Waals surface area contributed by atoms with Crippen molar-refractivity contribution in [2.45, 2.75) is 24.2 Å². The first kappa shape index (κ1) is 22.8. The highest BCUT2D eigenvalue weighted by Crippen LogP contribution is 2.60. The number of hydrogen-bond donors (Lipinski definition) is 0. The second kappa shape index (κ2) is 9.47. The maximum Gasteiger partial charge on any atom is 0.0526 e. The zero-order valence-electron chi connectivity index (χ0n) is 21.4. The molecule has 7 rings (SSSR count). The average Bonchev–Trinajstić information content (AvgIpc) is 3.59. The first-order valence-corrected chi connectivity index (χ1v) is 13.6. The van der Waals surface area contributed by atoms with E-state index in [1.807, 2.05) is 0 Å². The van der Waals surface area contributed by atoms with Crippen molar-refractivity contribution in [3.05, 3.63) is 191 Å². The van der Waals surface area contributed by atoms with E-state index in [1.54, 1.807) is 0 Å². The topological polar surface area (TPSA) is 0 Å². The van der Waals surface area contributed by atoms with E-state index in [1.165, 1.54) is 50.1 Å². The lowest BCUT2D eigenvalue weighted by molar-refractivity contribution is 0.527. The van der Waals surface area contributed by atoms with Crippen LogP contribution in [0, 0.1) is 0 Å². The Morgan fingerprint density at radius 2 is 1.00 bits per heavy atom. The number of fused-ring (bicyclic) bond motifs is 3. The Balaban J connectivity index is 1.50. The van der Waals surface area contributed by atoms with E-state index < -0.39 is 0 Å². The van der Waals surface area contributed by atoms with Crippen LogP contribution in [0.25, 0.3) is 11.1 Å². The van der Waals surface area contributed by atoms with Crippen LogP contribution in [0.3, 0.4) is 0 Å². The molecule has 0 unspecified atom stereocenters. The van der Waals surface area contributed by atoms with E-state index in [0.717, 1.165) is 12.8 Å². The van der Waals surface area contributed by atoms with Crippen LogP contribution in [0.4, 0.5) is 0 Å². The smallest absolute Gasteiger partial charge is 0.0526 e. The molecular formula is C38H30. The van der Waals surface area contributed by atoms with E-state index >= 15 is 0 Å². The first-order chi connectivity index (χ1) is 18.9. The molecule has 0 fully saturated rings. The van der Waals surface area contributed by atoms with Crippen LogP contribution in [-0.2, 0) is 11.8 Å². The van der Waals surface area contributed by atoms with Gasteiger partial charge in [0.15, 0.2) is 0 Å². The molecule has 0 spiro atoms. The predicted octanol–water partition coefficient (Wildman–Crippen LogP) is 9.28. The highest BCUT2D eigenvalue weighted by molar-refractivity contribution is 5.81. The third-order valence-electron chi connectivity index (χ3n) is 8.43. The minimum Gasteiger partial charge on any atom is -0.0769 e. The van der Waals surface area contributed by atoms with E-state index in [2.05, 4.69) is 152 Å². The van der Waals surface area contributed by atoms with Crippen molar-refractivity contribution in [3.8, 4) is 11.1 Å². The normalized spacial score (nSPS) is 14.5. The molecule has 0 N–H and O–H groups in total. The molecule has 5 aromatic rings. The molecule has 0 radical (unpaired) electrons. The summed E-state index contributed by atoms with van der Waals surface area (Å²) < 4.78 is 0. The summed E-state index contributed by atoms with van der Waals surface area (Å²) in [6, 6.07) is 51.4. The van der Waals surface area contributed by atoms with Gasteiger partial charge in [0.05, 0.1) is 5.41 Å². The third-order valence-corrected chi connectivity index (χ3v) is 8.43. The van der Waals surface area contributed by atoms with Crippen molar-refractivity contribution in [2.75, 3.05) is 0 Å². The Hall–Kier alpha value is -4.42. The van der Waals surface area contributed by atoms with Gasteiger partial charge in [-0.2, -0.15) is 0 Å². The summed E-state index contributed by atoms with van der Waals surface area (Å²) in [5.74, 6) is 0.176. The van der Waals surface area contributed by atoms with Gasteiger partial charge >= 0.3 is 0 Å². The molecule has 0 amide bonds. The van der Waals surface area contributed by atoms with Gasteiger partial charge in [-0.1, -0.05) is 157 Å². The van der Waals surface area contributed by atoms with Crippen molar-refractivity contribution in [2.24, 2.45) is 0 Å². The molecule has 182 valence electrons. The van der Waals surface area contributed by atoms with Gasteiger partial charge in [-0.3, -0.25) is 0 Å². The van der Waals surface area contributed by atoms with Gasteiger partial charge < -0.3 is 0 Å². The fourth-order valence-corrected chi connectivity index (χ4v) is 6.89. The van der Waals surface area contributed by atoms with Crippen molar-refractivity contribution < 1.29 is 0 Å². The molecule has 0 saturated carbocycles. The zero-order valence-corrected chi connectivity index (χ0v) is 21.4. The second-order valence-electron chi connectivity index (χ2n) is 10.5. The molecule has 0 bridgehead atoms. The summed E-state index contributed by atoms with van der Waals surface area (Å²) in [4.78, 5) is 0. The Bertz CT molecular complexity index is 1550. The summed E-state index contributed by atoms with van der Waals surface area (Å²) in [5.41, 5.74) is 12.2. The number of rotatable bonds is 6. The largest absolute Gasteiger partial charge is 0.0769 e. The van der Waals surface area contributed by atoms with Crippen molar-refractivity contribution in [3.63, 3.8) is 0 Å². The van der Waals surface area contributed by atoms with Crippen LogP contribution < -0.4 is 0 Å². The van der Waals surface area contributed by atoms with Crippen LogP contribution in [0.1, 0.15) is 40.2 Å². The van der Waals surface area contributed by atoms with Crippen LogP contribution in [0.5, 0.6) is 0 Å². The average molecular weight is 487 g/mol. The molecule has 5 aromatic carbocycles. The fraction of sp³-hybridized carbons (Fsp3) is 0.105. The van der Waals surface area contributed by atoms with Gasteiger partial charge in [-0.15, -0.1) is 0 Å². The van der Waals surface area contributed by atoms with Crippen LogP contribution in [-0.4, -0.2) is 0 Å². The van der Waals surface area contributed by atoms with Crippen molar-refractivity contribution in [1.82, 2.24) is 0 Å². The number of benzene rings is 5. The number of hydrogen-bond acceptors (Lipinski definition) is 0. The molecule has 0 heterocycles. The monoisotopic (exact) mass is 486 g/mol. The molecule has 0 saturated heterocycles. The third kappa shape index (κ3) is 3.60. The maximum absolute atomic E-state index is 2.51. The summed E-state index contributed by atoms with van der Waals surface area (Å²) in [5, 5.41) is 0. The summed E-state index contributed by atoms with van der Waals surface area (Å²) in [7, 11) is 0. The van der Waals surface area contributed by atoms with Crippen molar-refractivity contribution >= 4 is 0 Å². The van der Waals surface area contributed by atoms with Gasteiger partial charge in [0.25, 0.3) is 0 Å².